The standard InChI is InChI=1S/C13H26N2/c1-2-3-12(14)6-9-15-10-13(7-8-13)11-4-5-11/h11-12,15H,2-10,14H2,1H3. The maximum absolute atomic E-state index is 5.98. The molecule has 0 aliphatic heterocycles. The molecule has 2 aliphatic carbocycles. The first-order valence-corrected chi connectivity index (χ1v) is 6.73. The van der Waals surface area contributed by atoms with Gasteiger partial charge in [0, 0.05) is 12.6 Å². The Bertz CT molecular complexity index is 195. The quantitative estimate of drug-likeness (QED) is 0.603. The molecule has 0 heterocycles. The van der Waals surface area contributed by atoms with Gasteiger partial charge in [-0.25, -0.2) is 0 Å². The third-order valence-electron chi connectivity index (χ3n) is 4.16. The molecule has 2 fully saturated rings. The molecule has 2 saturated carbocycles. The predicted molar refractivity (Wildman–Crippen MR) is 64.8 cm³/mol. The van der Waals surface area contributed by atoms with Crippen LogP contribution in [0.1, 0.15) is 51.9 Å². The van der Waals surface area contributed by atoms with E-state index in [2.05, 4.69) is 12.2 Å². The van der Waals surface area contributed by atoms with Gasteiger partial charge in [-0.05, 0) is 56.4 Å². The van der Waals surface area contributed by atoms with Crippen LogP contribution in [0.5, 0.6) is 0 Å². The number of hydrogen-bond acceptors (Lipinski definition) is 2. The molecule has 2 heteroatoms. The molecule has 1 unspecified atom stereocenters. The molecule has 0 spiro atoms. The lowest BCUT2D eigenvalue weighted by Crippen LogP contribution is -2.30. The predicted octanol–water partition coefficient (Wildman–Crippen LogP) is 2.28. The van der Waals surface area contributed by atoms with Gasteiger partial charge in [0.05, 0.1) is 0 Å². The zero-order valence-corrected chi connectivity index (χ0v) is 10.1. The number of hydrogen-bond donors (Lipinski definition) is 2. The second-order valence-corrected chi connectivity index (χ2v) is 5.65. The summed E-state index contributed by atoms with van der Waals surface area (Å²) < 4.78 is 0. The smallest absolute Gasteiger partial charge is 0.00508 e. The summed E-state index contributed by atoms with van der Waals surface area (Å²) in [5, 5.41) is 3.62. The molecule has 15 heavy (non-hydrogen) atoms. The van der Waals surface area contributed by atoms with Crippen molar-refractivity contribution in [1.82, 2.24) is 5.32 Å². The molecule has 0 saturated heterocycles. The highest BCUT2D eigenvalue weighted by atomic mass is 14.9. The summed E-state index contributed by atoms with van der Waals surface area (Å²) in [5.74, 6) is 1.08. The van der Waals surface area contributed by atoms with E-state index in [9.17, 15) is 0 Å². The van der Waals surface area contributed by atoms with E-state index in [-0.39, 0.29) is 0 Å². The van der Waals surface area contributed by atoms with E-state index in [1.54, 1.807) is 0 Å². The van der Waals surface area contributed by atoms with Crippen molar-refractivity contribution in [2.24, 2.45) is 17.1 Å². The molecule has 2 nitrogen and oxygen atoms in total. The zero-order chi connectivity index (χ0) is 10.7. The van der Waals surface area contributed by atoms with E-state index in [1.807, 2.05) is 0 Å². The van der Waals surface area contributed by atoms with E-state index in [0.717, 1.165) is 24.3 Å². The topological polar surface area (TPSA) is 38.0 Å². The van der Waals surface area contributed by atoms with Crippen LogP contribution in [0, 0.1) is 11.3 Å². The van der Waals surface area contributed by atoms with Crippen LogP contribution in [0.15, 0.2) is 0 Å². The van der Waals surface area contributed by atoms with Crippen LogP contribution in [-0.2, 0) is 0 Å². The van der Waals surface area contributed by atoms with Gasteiger partial charge in [0.1, 0.15) is 0 Å². The Kier molecular flexibility index (Phi) is 3.68. The lowest BCUT2D eigenvalue weighted by molar-refractivity contribution is 0.396. The van der Waals surface area contributed by atoms with Gasteiger partial charge in [-0.1, -0.05) is 13.3 Å². The van der Waals surface area contributed by atoms with Gasteiger partial charge in [0.25, 0.3) is 0 Å². The number of nitrogens with one attached hydrogen (secondary N) is 1. The van der Waals surface area contributed by atoms with Crippen molar-refractivity contribution in [3.05, 3.63) is 0 Å². The Hall–Kier alpha value is -0.0800. The van der Waals surface area contributed by atoms with Crippen molar-refractivity contribution in [3.8, 4) is 0 Å². The normalized spacial score (nSPS) is 25.2. The van der Waals surface area contributed by atoms with Crippen LogP contribution in [-0.4, -0.2) is 19.1 Å². The van der Waals surface area contributed by atoms with Gasteiger partial charge < -0.3 is 11.1 Å². The Morgan fingerprint density at radius 2 is 2.07 bits per heavy atom. The van der Waals surface area contributed by atoms with Crippen LogP contribution in [0.25, 0.3) is 0 Å². The van der Waals surface area contributed by atoms with Crippen LogP contribution < -0.4 is 11.1 Å². The molecule has 88 valence electrons. The third kappa shape index (κ3) is 3.18. The third-order valence-corrected chi connectivity index (χ3v) is 4.16. The van der Waals surface area contributed by atoms with Crippen molar-refractivity contribution in [2.45, 2.75) is 57.9 Å². The van der Waals surface area contributed by atoms with E-state index < -0.39 is 0 Å². The van der Waals surface area contributed by atoms with Crippen molar-refractivity contribution in [2.75, 3.05) is 13.1 Å². The first-order chi connectivity index (χ1) is 7.27. The summed E-state index contributed by atoms with van der Waals surface area (Å²) in [6.45, 7) is 4.59. The Morgan fingerprint density at radius 1 is 1.33 bits per heavy atom. The first-order valence-electron chi connectivity index (χ1n) is 6.73. The molecule has 0 aromatic rings. The lowest BCUT2D eigenvalue weighted by atomic mass is 10.0. The van der Waals surface area contributed by atoms with Crippen LogP contribution >= 0.6 is 0 Å². The molecule has 0 aromatic heterocycles. The number of rotatable bonds is 8. The average molecular weight is 210 g/mol. The Balaban J connectivity index is 1.51. The summed E-state index contributed by atoms with van der Waals surface area (Å²) in [4.78, 5) is 0. The van der Waals surface area contributed by atoms with E-state index in [0.29, 0.717) is 6.04 Å². The minimum absolute atomic E-state index is 0.415. The van der Waals surface area contributed by atoms with E-state index in [4.69, 9.17) is 5.73 Å². The van der Waals surface area contributed by atoms with Gasteiger partial charge >= 0.3 is 0 Å². The highest BCUT2D eigenvalue weighted by Gasteiger charge is 2.52. The summed E-state index contributed by atoms with van der Waals surface area (Å²) in [5.41, 5.74) is 6.73. The lowest BCUT2D eigenvalue weighted by Gasteiger charge is -2.16. The second kappa shape index (κ2) is 4.84. The van der Waals surface area contributed by atoms with Crippen LogP contribution in [0.4, 0.5) is 0 Å². The minimum atomic E-state index is 0.415. The first kappa shape index (κ1) is 11.4. The molecular weight excluding hydrogens is 184 g/mol. The van der Waals surface area contributed by atoms with Crippen LogP contribution in [0.3, 0.4) is 0 Å². The van der Waals surface area contributed by atoms with Gasteiger partial charge in [-0.2, -0.15) is 0 Å². The number of nitrogens with two attached hydrogens (primary N) is 1. The molecule has 0 amide bonds. The maximum Gasteiger partial charge on any atom is 0.00508 e. The summed E-state index contributed by atoms with van der Waals surface area (Å²) in [6, 6.07) is 0.415. The molecule has 0 aromatic carbocycles. The molecule has 1 atom stereocenters. The summed E-state index contributed by atoms with van der Waals surface area (Å²) >= 11 is 0. The van der Waals surface area contributed by atoms with Gasteiger partial charge in [-0.3, -0.25) is 0 Å². The fourth-order valence-corrected chi connectivity index (χ4v) is 2.73. The maximum atomic E-state index is 5.98. The molecular formula is C13H26N2. The van der Waals surface area contributed by atoms with Gasteiger partial charge in [0.15, 0.2) is 0 Å². The van der Waals surface area contributed by atoms with Gasteiger partial charge in [0.2, 0.25) is 0 Å². The van der Waals surface area contributed by atoms with Crippen molar-refractivity contribution in [3.63, 3.8) is 0 Å². The van der Waals surface area contributed by atoms with E-state index >= 15 is 0 Å². The highest BCUT2D eigenvalue weighted by Crippen LogP contribution is 2.60. The molecule has 2 aliphatic rings. The Labute approximate surface area is 94.0 Å². The van der Waals surface area contributed by atoms with Crippen molar-refractivity contribution < 1.29 is 0 Å². The SMILES string of the molecule is CCCC(N)CCNCC1(C2CC2)CC1. The second-order valence-electron chi connectivity index (χ2n) is 5.65. The minimum Gasteiger partial charge on any atom is -0.328 e. The fraction of sp³-hybridized carbons (Fsp3) is 1.00. The average Bonchev–Trinajstić information content (AvgIpc) is 3.02. The molecule has 2 rings (SSSR count). The van der Waals surface area contributed by atoms with Crippen molar-refractivity contribution >= 4 is 0 Å². The summed E-state index contributed by atoms with van der Waals surface area (Å²) in [7, 11) is 0. The largest absolute Gasteiger partial charge is 0.328 e. The molecule has 0 radical (unpaired) electrons. The zero-order valence-electron chi connectivity index (χ0n) is 10.1. The summed E-state index contributed by atoms with van der Waals surface area (Å²) in [6.07, 6.45) is 9.49. The van der Waals surface area contributed by atoms with Crippen LogP contribution in [0.2, 0.25) is 0 Å². The van der Waals surface area contributed by atoms with Gasteiger partial charge in [-0.15, -0.1) is 0 Å². The highest BCUT2D eigenvalue weighted by molar-refractivity contribution is 5.04. The Morgan fingerprint density at radius 3 is 2.60 bits per heavy atom. The van der Waals surface area contributed by atoms with Crippen molar-refractivity contribution in [1.29, 1.82) is 0 Å². The van der Waals surface area contributed by atoms with E-state index in [1.165, 1.54) is 45.1 Å². The molecule has 3 N–H and O–H groups in total. The molecule has 0 bridgehead atoms. The fourth-order valence-electron chi connectivity index (χ4n) is 2.73. The monoisotopic (exact) mass is 210 g/mol.